The highest BCUT2D eigenvalue weighted by Crippen LogP contribution is 2.17. The molecule has 20 heavy (non-hydrogen) atoms. The molecule has 102 valence electrons. The molecule has 0 aliphatic carbocycles. The van der Waals surface area contributed by atoms with E-state index in [1.54, 1.807) is 30.4 Å². The van der Waals surface area contributed by atoms with Gasteiger partial charge in [-0.25, -0.2) is 5.43 Å². The number of aromatic nitrogens is 1. The van der Waals surface area contributed by atoms with Crippen LogP contribution in [0.4, 0.5) is 0 Å². The maximum absolute atomic E-state index is 11.6. The topological polar surface area (TPSA) is 54.4 Å². The first kappa shape index (κ1) is 14.3. The fraction of sp³-hybridized carbons (Fsp3) is 0.133. The molecule has 5 heteroatoms. The first-order valence-corrected chi connectivity index (χ1v) is 7.23. The van der Waals surface area contributed by atoms with Crippen molar-refractivity contribution in [1.29, 1.82) is 0 Å². The van der Waals surface area contributed by atoms with Gasteiger partial charge in [0.2, 0.25) is 5.91 Å². The van der Waals surface area contributed by atoms with Crippen molar-refractivity contribution in [3.63, 3.8) is 0 Å². The van der Waals surface area contributed by atoms with Crippen molar-refractivity contribution in [1.82, 2.24) is 10.4 Å². The number of hydrogen-bond acceptors (Lipinski definition) is 4. The number of pyridine rings is 1. The third-order valence-corrected chi connectivity index (χ3v) is 3.44. The van der Waals surface area contributed by atoms with Gasteiger partial charge in [0, 0.05) is 35.0 Å². The fourth-order valence-electron chi connectivity index (χ4n) is 1.47. The van der Waals surface area contributed by atoms with Gasteiger partial charge in [-0.1, -0.05) is 24.3 Å². The number of carbonyl (C=O) groups excluding carboxylic acids is 1. The molecule has 4 nitrogen and oxygen atoms in total. The minimum atomic E-state index is -0.0893. The normalized spacial score (nSPS) is 10.6. The van der Waals surface area contributed by atoms with Gasteiger partial charge < -0.3 is 0 Å². The largest absolute Gasteiger partial charge is 0.273 e. The van der Waals surface area contributed by atoms with Crippen molar-refractivity contribution in [2.24, 2.45) is 5.10 Å². The van der Waals surface area contributed by atoms with Gasteiger partial charge in [-0.05, 0) is 18.2 Å². The molecule has 1 N–H and O–H groups in total. The molecule has 1 aromatic carbocycles. The summed E-state index contributed by atoms with van der Waals surface area (Å²) in [5.74, 6) is 0.645. The van der Waals surface area contributed by atoms with Crippen molar-refractivity contribution < 1.29 is 4.79 Å². The zero-order valence-electron chi connectivity index (χ0n) is 10.9. The Morgan fingerprint density at radius 2 is 2.10 bits per heavy atom. The molecule has 1 heterocycles. The Kier molecular flexibility index (Phi) is 5.79. The van der Waals surface area contributed by atoms with E-state index in [1.807, 2.05) is 42.5 Å². The average molecular weight is 285 g/mol. The summed E-state index contributed by atoms with van der Waals surface area (Å²) < 4.78 is 0. The van der Waals surface area contributed by atoms with E-state index < -0.39 is 0 Å². The Morgan fingerprint density at radius 1 is 1.25 bits per heavy atom. The van der Waals surface area contributed by atoms with Crippen LogP contribution < -0.4 is 5.43 Å². The molecule has 0 radical (unpaired) electrons. The van der Waals surface area contributed by atoms with Crippen LogP contribution in [0.25, 0.3) is 0 Å². The van der Waals surface area contributed by atoms with E-state index in [0.29, 0.717) is 6.42 Å². The number of hydrogen-bond donors (Lipinski definition) is 1. The van der Waals surface area contributed by atoms with Gasteiger partial charge in [-0.3, -0.25) is 9.78 Å². The molecule has 0 atom stereocenters. The Labute approximate surface area is 122 Å². The van der Waals surface area contributed by atoms with E-state index in [2.05, 4.69) is 15.5 Å². The van der Waals surface area contributed by atoms with Crippen molar-refractivity contribution in [3.05, 3.63) is 60.4 Å². The lowest BCUT2D eigenvalue weighted by Crippen LogP contribution is -2.17. The van der Waals surface area contributed by atoms with Crippen molar-refractivity contribution in [3.8, 4) is 0 Å². The smallest absolute Gasteiger partial charge is 0.240 e. The van der Waals surface area contributed by atoms with Crippen LogP contribution in [0, 0.1) is 0 Å². The summed E-state index contributed by atoms with van der Waals surface area (Å²) in [5, 5.41) is 3.89. The summed E-state index contributed by atoms with van der Waals surface area (Å²) in [6.07, 6.45) is 5.39. The molecule has 1 amide bonds. The Hall–Kier alpha value is -2.14. The maximum atomic E-state index is 11.6. The zero-order valence-corrected chi connectivity index (χ0v) is 11.7. The quantitative estimate of drug-likeness (QED) is 0.504. The van der Waals surface area contributed by atoms with E-state index in [9.17, 15) is 4.79 Å². The lowest BCUT2D eigenvalue weighted by atomic mass is 10.3. The monoisotopic (exact) mass is 285 g/mol. The first-order chi connectivity index (χ1) is 9.84. The zero-order chi connectivity index (χ0) is 14.0. The second kappa shape index (κ2) is 8.12. The highest BCUT2D eigenvalue weighted by atomic mass is 32.2. The predicted molar refractivity (Wildman–Crippen MR) is 81.8 cm³/mol. The van der Waals surface area contributed by atoms with E-state index in [4.69, 9.17) is 0 Å². The van der Waals surface area contributed by atoms with Crippen molar-refractivity contribution >= 4 is 23.9 Å². The summed E-state index contributed by atoms with van der Waals surface area (Å²) in [7, 11) is 0. The average Bonchev–Trinajstić information content (AvgIpc) is 2.49. The Bertz CT molecular complexity index is 558. The molecule has 0 spiro atoms. The van der Waals surface area contributed by atoms with E-state index in [1.165, 1.54) is 4.90 Å². The first-order valence-electron chi connectivity index (χ1n) is 6.24. The van der Waals surface area contributed by atoms with E-state index in [0.717, 1.165) is 11.3 Å². The number of carbonyl (C=O) groups is 1. The SMILES string of the molecule is O=C(CCSc1ccccc1)N/N=C/c1cccnc1. The van der Waals surface area contributed by atoms with Crippen molar-refractivity contribution in [2.75, 3.05) is 5.75 Å². The minimum Gasteiger partial charge on any atom is -0.273 e. The van der Waals surface area contributed by atoms with Crippen LogP contribution in [0.3, 0.4) is 0 Å². The molecular formula is C15H15N3OS. The molecule has 0 fully saturated rings. The number of nitrogens with zero attached hydrogens (tertiary/aromatic N) is 2. The second-order valence-corrected chi connectivity index (χ2v) is 5.16. The van der Waals surface area contributed by atoms with Gasteiger partial charge in [0.15, 0.2) is 0 Å². The molecule has 0 saturated heterocycles. The van der Waals surface area contributed by atoms with Crippen LogP contribution in [0.15, 0.2) is 64.9 Å². The maximum Gasteiger partial charge on any atom is 0.240 e. The Balaban J connectivity index is 1.67. The van der Waals surface area contributed by atoms with Gasteiger partial charge in [0.25, 0.3) is 0 Å². The van der Waals surface area contributed by atoms with Crippen LogP contribution in [0.1, 0.15) is 12.0 Å². The minimum absolute atomic E-state index is 0.0893. The molecule has 2 aromatic rings. The van der Waals surface area contributed by atoms with Gasteiger partial charge in [0.1, 0.15) is 0 Å². The Morgan fingerprint density at radius 3 is 2.85 bits per heavy atom. The van der Waals surface area contributed by atoms with E-state index in [-0.39, 0.29) is 5.91 Å². The van der Waals surface area contributed by atoms with Crippen LogP contribution in [-0.4, -0.2) is 22.9 Å². The summed E-state index contributed by atoms with van der Waals surface area (Å²) in [5.41, 5.74) is 3.36. The number of nitrogens with one attached hydrogen (secondary N) is 1. The van der Waals surface area contributed by atoms with Gasteiger partial charge in [0.05, 0.1) is 6.21 Å². The van der Waals surface area contributed by atoms with Crippen LogP contribution in [0.5, 0.6) is 0 Å². The van der Waals surface area contributed by atoms with Crippen LogP contribution in [-0.2, 0) is 4.79 Å². The summed E-state index contributed by atoms with van der Waals surface area (Å²) in [6.45, 7) is 0. The van der Waals surface area contributed by atoms with Gasteiger partial charge >= 0.3 is 0 Å². The van der Waals surface area contributed by atoms with Gasteiger partial charge in [-0.2, -0.15) is 5.10 Å². The summed E-state index contributed by atoms with van der Waals surface area (Å²) in [4.78, 5) is 16.7. The van der Waals surface area contributed by atoms with Crippen LogP contribution in [0.2, 0.25) is 0 Å². The molecule has 0 aliphatic heterocycles. The number of benzene rings is 1. The van der Waals surface area contributed by atoms with Crippen molar-refractivity contribution in [2.45, 2.75) is 11.3 Å². The third kappa shape index (κ3) is 5.24. The summed E-state index contributed by atoms with van der Waals surface area (Å²) in [6, 6.07) is 13.7. The number of thioether (sulfide) groups is 1. The molecule has 0 unspecified atom stereocenters. The molecule has 0 saturated carbocycles. The summed E-state index contributed by atoms with van der Waals surface area (Å²) >= 11 is 1.66. The standard InChI is InChI=1S/C15H15N3OS/c19-15(8-10-20-14-6-2-1-3-7-14)18-17-12-13-5-4-9-16-11-13/h1-7,9,11-12H,8,10H2,(H,18,19)/b17-12+. The molecule has 2 rings (SSSR count). The number of hydrazone groups is 1. The highest BCUT2D eigenvalue weighted by molar-refractivity contribution is 7.99. The number of rotatable bonds is 6. The fourth-order valence-corrected chi connectivity index (χ4v) is 2.34. The molecular weight excluding hydrogens is 270 g/mol. The molecule has 0 aliphatic rings. The van der Waals surface area contributed by atoms with E-state index >= 15 is 0 Å². The molecule has 1 aromatic heterocycles. The third-order valence-electron chi connectivity index (χ3n) is 2.43. The molecule has 0 bridgehead atoms. The lowest BCUT2D eigenvalue weighted by Gasteiger charge is -2.00. The lowest BCUT2D eigenvalue weighted by molar-refractivity contribution is -0.120. The highest BCUT2D eigenvalue weighted by Gasteiger charge is 2.00. The van der Waals surface area contributed by atoms with Crippen LogP contribution >= 0.6 is 11.8 Å². The second-order valence-electron chi connectivity index (χ2n) is 3.99. The number of amides is 1. The van der Waals surface area contributed by atoms with Gasteiger partial charge in [-0.15, -0.1) is 11.8 Å². The predicted octanol–water partition coefficient (Wildman–Crippen LogP) is 2.71.